The number of pyridine rings is 1. The maximum atomic E-state index is 11.1. The monoisotopic (exact) mass is 268 g/mol. The summed E-state index contributed by atoms with van der Waals surface area (Å²) in [6.07, 6.45) is 0. The number of carboxylic acids is 1. The topological polar surface area (TPSA) is 80.9 Å². The normalized spacial score (nSPS) is 10.8. The van der Waals surface area contributed by atoms with Crippen molar-refractivity contribution in [2.45, 2.75) is 13.5 Å². The van der Waals surface area contributed by atoms with E-state index in [1.807, 2.05) is 25.1 Å². The van der Waals surface area contributed by atoms with Crippen LogP contribution in [-0.2, 0) is 6.54 Å². The maximum Gasteiger partial charge on any atom is 0.338 e. The van der Waals surface area contributed by atoms with Gasteiger partial charge < -0.3 is 5.11 Å². The molecule has 0 radical (unpaired) electrons. The second-order valence-electron chi connectivity index (χ2n) is 4.50. The van der Waals surface area contributed by atoms with Crippen LogP contribution in [0.1, 0.15) is 21.7 Å². The van der Waals surface area contributed by atoms with E-state index in [0.717, 1.165) is 11.4 Å². The number of aryl methyl sites for hydroxylation is 1. The Labute approximate surface area is 114 Å². The minimum Gasteiger partial charge on any atom is -0.478 e. The highest BCUT2D eigenvalue weighted by Crippen LogP contribution is 2.16. The van der Waals surface area contributed by atoms with Crippen LogP contribution in [0.3, 0.4) is 0 Å². The standard InChI is InChI=1S/C14H12N4O2/c1-9-4-2-5-10(15-9)8-18-12-7-3-6-11(14(19)20)13(12)16-17-18/h2-7H,8H2,1H3,(H,19,20). The van der Waals surface area contributed by atoms with Crippen molar-refractivity contribution in [3.63, 3.8) is 0 Å². The van der Waals surface area contributed by atoms with Gasteiger partial charge >= 0.3 is 5.97 Å². The molecule has 0 unspecified atom stereocenters. The van der Waals surface area contributed by atoms with Crippen molar-refractivity contribution in [2.24, 2.45) is 0 Å². The van der Waals surface area contributed by atoms with E-state index < -0.39 is 5.97 Å². The lowest BCUT2D eigenvalue weighted by molar-refractivity contribution is 0.0699. The fraction of sp³-hybridized carbons (Fsp3) is 0.143. The third-order valence-electron chi connectivity index (χ3n) is 3.03. The zero-order valence-corrected chi connectivity index (χ0v) is 10.8. The first-order valence-corrected chi connectivity index (χ1v) is 6.13. The van der Waals surface area contributed by atoms with E-state index in [9.17, 15) is 4.79 Å². The van der Waals surface area contributed by atoms with Crippen molar-refractivity contribution in [3.05, 3.63) is 53.3 Å². The Morgan fingerprint density at radius 3 is 2.80 bits per heavy atom. The molecule has 1 aromatic carbocycles. The van der Waals surface area contributed by atoms with E-state index in [0.29, 0.717) is 17.6 Å². The molecule has 0 aliphatic heterocycles. The van der Waals surface area contributed by atoms with E-state index in [1.165, 1.54) is 6.07 Å². The summed E-state index contributed by atoms with van der Waals surface area (Å²) in [4.78, 5) is 15.5. The molecule has 0 spiro atoms. The Hall–Kier alpha value is -2.76. The summed E-state index contributed by atoms with van der Waals surface area (Å²) in [7, 11) is 0. The molecule has 0 aliphatic carbocycles. The Balaban J connectivity index is 2.05. The Bertz CT molecular complexity index is 795. The van der Waals surface area contributed by atoms with Crippen LogP contribution in [0.15, 0.2) is 36.4 Å². The highest BCUT2D eigenvalue weighted by molar-refractivity contribution is 6.00. The van der Waals surface area contributed by atoms with Crippen molar-refractivity contribution >= 4 is 17.0 Å². The molecule has 0 saturated carbocycles. The lowest BCUT2D eigenvalue weighted by Gasteiger charge is -2.03. The number of fused-ring (bicyclic) bond motifs is 1. The Morgan fingerprint density at radius 2 is 2.05 bits per heavy atom. The fourth-order valence-electron chi connectivity index (χ4n) is 2.12. The molecule has 0 amide bonds. The van der Waals surface area contributed by atoms with Gasteiger partial charge in [-0.1, -0.05) is 17.3 Å². The minimum absolute atomic E-state index is 0.158. The molecule has 6 nitrogen and oxygen atoms in total. The molecule has 3 rings (SSSR count). The van der Waals surface area contributed by atoms with Gasteiger partial charge in [0.2, 0.25) is 0 Å². The van der Waals surface area contributed by atoms with Crippen molar-refractivity contribution in [1.82, 2.24) is 20.0 Å². The molecule has 3 aromatic rings. The molecular formula is C14H12N4O2. The highest BCUT2D eigenvalue weighted by atomic mass is 16.4. The van der Waals surface area contributed by atoms with Crippen molar-refractivity contribution in [1.29, 1.82) is 0 Å². The van der Waals surface area contributed by atoms with Crippen LogP contribution in [0, 0.1) is 6.92 Å². The van der Waals surface area contributed by atoms with Gasteiger partial charge in [0, 0.05) is 5.69 Å². The third kappa shape index (κ3) is 2.11. The third-order valence-corrected chi connectivity index (χ3v) is 3.03. The number of hydrogen-bond donors (Lipinski definition) is 1. The van der Waals surface area contributed by atoms with Crippen LogP contribution in [-0.4, -0.2) is 31.1 Å². The molecule has 0 atom stereocenters. The van der Waals surface area contributed by atoms with Crippen molar-refractivity contribution < 1.29 is 9.90 Å². The van der Waals surface area contributed by atoms with Crippen LogP contribution in [0.25, 0.3) is 11.0 Å². The SMILES string of the molecule is Cc1cccc(Cn2nnc3c(C(=O)O)cccc32)n1. The zero-order valence-electron chi connectivity index (χ0n) is 10.8. The molecular weight excluding hydrogens is 256 g/mol. The van der Waals surface area contributed by atoms with Gasteiger partial charge in [0.25, 0.3) is 0 Å². The predicted molar refractivity (Wildman–Crippen MR) is 72.6 cm³/mol. The summed E-state index contributed by atoms with van der Waals surface area (Å²) in [6, 6.07) is 10.8. The van der Waals surface area contributed by atoms with Gasteiger partial charge in [-0.3, -0.25) is 4.98 Å². The summed E-state index contributed by atoms with van der Waals surface area (Å²) in [5, 5.41) is 17.1. The molecule has 2 aromatic heterocycles. The smallest absolute Gasteiger partial charge is 0.338 e. The zero-order chi connectivity index (χ0) is 14.1. The molecule has 6 heteroatoms. The lowest BCUT2D eigenvalue weighted by atomic mass is 10.2. The molecule has 1 N–H and O–H groups in total. The van der Waals surface area contributed by atoms with Crippen LogP contribution >= 0.6 is 0 Å². The number of aromatic nitrogens is 4. The molecule has 0 aliphatic rings. The van der Waals surface area contributed by atoms with Gasteiger partial charge in [-0.15, -0.1) is 5.10 Å². The van der Waals surface area contributed by atoms with E-state index in [2.05, 4.69) is 15.3 Å². The van der Waals surface area contributed by atoms with E-state index >= 15 is 0 Å². The lowest BCUT2D eigenvalue weighted by Crippen LogP contribution is -2.04. The summed E-state index contributed by atoms with van der Waals surface area (Å²) in [6.45, 7) is 2.38. The van der Waals surface area contributed by atoms with Crippen LogP contribution in [0.4, 0.5) is 0 Å². The van der Waals surface area contributed by atoms with Crippen LogP contribution < -0.4 is 0 Å². The van der Waals surface area contributed by atoms with Gasteiger partial charge in [0.05, 0.1) is 23.3 Å². The van der Waals surface area contributed by atoms with E-state index in [4.69, 9.17) is 5.11 Å². The number of nitrogens with zero attached hydrogens (tertiary/aromatic N) is 4. The first-order valence-electron chi connectivity index (χ1n) is 6.13. The second kappa shape index (κ2) is 4.73. The average molecular weight is 268 g/mol. The number of aromatic carboxylic acids is 1. The number of hydrogen-bond acceptors (Lipinski definition) is 4. The van der Waals surface area contributed by atoms with Crippen molar-refractivity contribution in [3.8, 4) is 0 Å². The summed E-state index contributed by atoms with van der Waals surface area (Å²) >= 11 is 0. The van der Waals surface area contributed by atoms with Crippen molar-refractivity contribution in [2.75, 3.05) is 0 Å². The van der Waals surface area contributed by atoms with Gasteiger partial charge in [-0.25, -0.2) is 9.48 Å². The summed E-state index contributed by atoms with van der Waals surface area (Å²) in [5.74, 6) is -1.00. The molecule has 0 bridgehead atoms. The molecule has 0 fully saturated rings. The van der Waals surface area contributed by atoms with E-state index in [-0.39, 0.29) is 5.56 Å². The number of carbonyl (C=O) groups is 1. The summed E-state index contributed by atoms with van der Waals surface area (Å²) < 4.78 is 1.66. The molecule has 0 saturated heterocycles. The van der Waals surface area contributed by atoms with Gasteiger partial charge in [-0.2, -0.15) is 0 Å². The quantitative estimate of drug-likeness (QED) is 0.784. The maximum absolute atomic E-state index is 11.1. The highest BCUT2D eigenvalue weighted by Gasteiger charge is 2.13. The molecule has 100 valence electrons. The Kier molecular flexibility index (Phi) is 2.90. The number of rotatable bonds is 3. The minimum atomic E-state index is -1.00. The number of benzene rings is 1. The first kappa shape index (κ1) is 12.3. The second-order valence-corrected chi connectivity index (χ2v) is 4.50. The molecule has 2 heterocycles. The Morgan fingerprint density at radius 1 is 1.25 bits per heavy atom. The first-order chi connectivity index (χ1) is 9.65. The molecule has 20 heavy (non-hydrogen) atoms. The van der Waals surface area contributed by atoms with E-state index in [1.54, 1.807) is 16.8 Å². The number of carboxylic acid groups (broad SMARTS) is 1. The largest absolute Gasteiger partial charge is 0.478 e. The van der Waals surface area contributed by atoms with Gasteiger partial charge in [0.15, 0.2) is 0 Å². The van der Waals surface area contributed by atoms with Gasteiger partial charge in [0.1, 0.15) is 5.52 Å². The van der Waals surface area contributed by atoms with Crippen LogP contribution in [0.5, 0.6) is 0 Å². The average Bonchev–Trinajstić information content (AvgIpc) is 2.82. The van der Waals surface area contributed by atoms with Crippen LogP contribution in [0.2, 0.25) is 0 Å². The fourth-order valence-corrected chi connectivity index (χ4v) is 2.12. The van der Waals surface area contributed by atoms with Gasteiger partial charge in [-0.05, 0) is 31.2 Å². The predicted octanol–water partition coefficient (Wildman–Crippen LogP) is 1.88. The summed E-state index contributed by atoms with van der Waals surface area (Å²) in [5.41, 5.74) is 3.03.